The van der Waals surface area contributed by atoms with E-state index in [-0.39, 0.29) is 5.91 Å². The third-order valence-corrected chi connectivity index (χ3v) is 4.47. The van der Waals surface area contributed by atoms with Gasteiger partial charge in [-0.3, -0.25) is 4.79 Å². The number of H-pyrrole nitrogens is 1. The molecule has 2 aromatic carbocycles. The minimum Gasteiger partial charge on any atom is -0.399 e. The molecule has 0 saturated carbocycles. The number of hydrogen-bond acceptors (Lipinski definition) is 2. The van der Waals surface area contributed by atoms with Gasteiger partial charge in [0.15, 0.2) is 0 Å². The zero-order valence-electron chi connectivity index (χ0n) is 12.5. The van der Waals surface area contributed by atoms with Gasteiger partial charge in [0.2, 0.25) is 5.91 Å². The average molecular weight is 291 g/mol. The fourth-order valence-corrected chi connectivity index (χ4v) is 3.02. The van der Waals surface area contributed by atoms with Crippen LogP contribution in [-0.2, 0) is 10.2 Å². The van der Waals surface area contributed by atoms with Gasteiger partial charge < -0.3 is 16.0 Å². The molecule has 4 nitrogen and oxygen atoms in total. The van der Waals surface area contributed by atoms with E-state index in [9.17, 15) is 4.79 Å². The Labute approximate surface area is 128 Å². The van der Waals surface area contributed by atoms with Crippen molar-refractivity contribution in [3.05, 3.63) is 48.0 Å². The SMILES string of the molecule is CC1(C)C(=O)Nc2cc3[nH]c(-c4ccc(N)cc4)cc3cc21. The van der Waals surface area contributed by atoms with Crippen molar-refractivity contribution in [1.82, 2.24) is 4.98 Å². The van der Waals surface area contributed by atoms with Crippen molar-refractivity contribution in [2.75, 3.05) is 11.1 Å². The number of anilines is 2. The van der Waals surface area contributed by atoms with Gasteiger partial charge in [-0.25, -0.2) is 0 Å². The second-order valence-corrected chi connectivity index (χ2v) is 6.37. The van der Waals surface area contributed by atoms with Crippen molar-refractivity contribution in [2.24, 2.45) is 0 Å². The van der Waals surface area contributed by atoms with E-state index < -0.39 is 5.41 Å². The number of nitrogens with one attached hydrogen (secondary N) is 2. The lowest BCUT2D eigenvalue weighted by atomic mass is 9.86. The molecule has 2 heterocycles. The molecule has 0 atom stereocenters. The van der Waals surface area contributed by atoms with Gasteiger partial charge in [0.05, 0.1) is 5.41 Å². The largest absolute Gasteiger partial charge is 0.399 e. The fourth-order valence-electron chi connectivity index (χ4n) is 3.02. The van der Waals surface area contributed by atoms with E-state index in [4.69, 9.17) is 5.73 Å². The number of aromatic amines is 1. The summed E-state index contributed by atoms with van der Waals surface area (Å²) in [6.07, 6.45) is 0. The van der Waals surface area contributed by atoms with E-state index in [1.807, 2.05) is 44.2 Å². The van der Waals surface area contributed by atoms with E-state index in [0.29, 0.717) is 0 Å². The summed E-state index contributed by atoms with van der Waals surface area (Å²) in [4.78, 5) is 15.5. The van der Waals surface area contributed by atoms with Crippen molar-refractivity contribution in [1.29, 1.82) is 0 Å². The summed E-state index contributed by atoms with van der Waals surface area (Å²) in [7, 11) is 0. The molecule has 0 bridgehead atoms. The van der Waals surface area contributed by atoms with Crippen LogP contribution in [0.5, 0.6) is 0 Å². The lowest BCUT2D eigenvalue weighted by Crippen LogP contribution is -2.26. The number of fused-ring (bicyclic) bond motifs is 2. The zero-order valence-corrected chi connectivity index (χ0v) is 12.5. The second kappa shape index (κ2) is 4.13. The lowest BCUT2D eigenvalue weighted by Gasteiger charge is -2.14. The molecule has 0 radical (unpaired) electrons. The van der Waals surface area contributed by atoms with Crippen LogP contribution in [0.1, 0.15) is 19.4 Å². The van der Waals surface area contributed by atoms with Crippen LogP contribution in [0.25, 0.3) is 22.2 Å². The van der Waals surface area contributed by atoms with Gasteiger partial charge in [-0.2, -0.15) is 0 Å². The maximum absolute atomic E-state index is 12.0. The molecule has 4 rings (SSSR count). The number of nitrogens with two attached hydrogens (primary N) is 1. The first-order valence-corrected chi connectivity index (χ1v) is 7.30. The first kappa shape index (κ1) is 13.0. The number of rotatable bonds is 1. The number of nitrogen functional groups attached to an aromatic ring is 1. The Morgan fingerprint density at radius 2 is 1.77 bits per heavy atom. The maximum Gasteiger partial charge on any atom is 0.234 e. The van der Waals surface area contributed by atoms with Crippen molar-refractivity contribution in [3.8, 4) is 11.3 Å². The molecule has 3 aromatic rings. The predicted octanol–water partition coefficient (Wildman–Crippen LogP) is 3.65. The van der Waals surface area contributed by atoms with E-state index in [1.54, 1.807) is 0 Å². The summed E-state index contributed by atoms with van der Waals surface area (Å²) in [5, 5.41) is 4.07. The molecule has 0 fully saturated rings. The first-order valence-electron chi connectivity index (χ1n) is 7.30. The monoisotopic (exact) mass is 291 g/mol. The number of amides is 1. The molecule has 4 N–H and O–H groups in total. The van der Waals surface area contributed by atoms with E-state index in [1.165, 1.54) is 0 Å². The van der Waals surface area contributed by atoms with Gasteiger partial charge in [0.1, 0.15) is 0 Å². The molecule has 1 aromatic heterocycles. The molecule has 0 saturated heterocycles. The third kappa shape index (κ3) is 1.73. The zero-order chi connectivity index (χ0) is 15.5. The summed E-state index contributed by atoms with van der Waals surface area (Å²) < 4.78 is 0. The van der Waals surface area contributed by atoms with Gasteiger partial charge in [-0.05, 0) is 55.3 Å². The van der Waals surface area contributed by atoms with Gasteiger partial charge >= 0.3 is 0 Å². The standard InChI is InChI=1S/C18H17N3O/c1-18(2)13-7-11-8-14(10-3-5-12(19)6-4-10)20-15(11)9-16(13)21-17(18)22/h3-9,20H,19H2,1-2H3,(H,21,22). The van der Waals surface area contributed by atoms with Crippen LogP contribution < -0.4 is 11.1 Å². The van der Waals surface area contributed by atoms with Crippen LogP contribution in [0.3, 0.4) is 0 Å². The number of aromatic nitrogens is 1. The molecule has 22 heavy (non-hydrogen) atoms. The number of carbonyl (C=O) groups excluding carboxylic acids is 1. The Morgan fingerprint density at radius 1 is 1.05 bits per heavy atom. The van der Waals surface area contributed by atoms with Crippen molar-refractivity contribution in [3.63, 3.8) is 0 Å². The second-order valence-electron chi connectivity index (χ2n) is 6.37. The Hall–Kier alpha value is -2.75. The summed E-state index contributed by atoms with van der Waals surface area (Å²) in [6, 6.07) is 14.0. The molecule has 110 valence electrons. The quantitative estimate of drug-likeness (QED) is 0.599. The van der Waals surface area contributed by atoms with Crippen molar-refractivity contribution >= 4 is 28.2 Å². The van der Waals surface area contributed by atoms with Crippen molar-refractivity contribution < 1.29 is 4.79 Å². The highest BCUT2D eigenvalue weighted by Crippen LogP contribution is 2.40. The highest BCUT2D eigenvalue weighted by Gasteiger charge is 2.38. The van der Waals surface area contributed by atoms with Gasteiger partial charge in [0, 0.05) is 28.0 Å². The molecule has 4 heteroatoms. The number of hydrogen-bond donors (Lipinski definition) is 3. The van der Waals surface area contributed by atoms with E-state index in [0.717, 1.165) is 39.1 Å². The molecule has 1 aliphatic heterocycles. The molecule has 1 aliphatic rings. The minimum absolute atomic E-state index is 0.0499. The van der Waals surface area contributed by atoms with Crippen LogP contribution in [0.2, 0.25) is 0 Å². The molecule has 0 aliphatic carbocycles. The summed E-state index contributed by atoms with van der Waals surface area (Å²) in [5.74, 6) is 0.0499. The van der Waals surface area contributed by atoms with Gasteiger partial charge in [-0.15, -0.1) is 0 Å². The third-order valence-electron chi connectivity index (χ3n) is 4.47. The fraction of sp³-hybridized carbons (Fsp3) is 0.167. The molecular weight excluding hydrogens is 274 g/mol. The summed E-state index contributed by atoms with van der Waals surface area (Å²) in [5.41, 5.74) is 11.1. The summed E-state index contributed by atoms with van der Waals surface area (Å²) in [6.45, 7) is 3.90. The van der Waals surface area contributed by atoms with Gasteiger partial charge in [0.25, 0.3) is 0 Å². The predicted molar refractivity (Wildman–Crippen MR) is 89.8 cm³/mol. The summed E-state index contributed by atoms with van der Waals surface area (Å²) >= 11 is 0. The Morgan fingerprint density at radius 3 is 2.50 bits per heavy atom. The molecule has 0 unspecified atom stereocenters. The van der Waals surface area contributed by atoms with E-state index >= 15 is 0 Å². The minimum atomic E-state index is -0.484. The molecule has 1 amide bonds. The Bertz CT molecular complexity index is 904. The topological polar surface area (TPSA) is 70.9 Å². The Balaban J connectivity index is 1.87. The van der Waals surface area contributed by atoms with Crippen LogP contribution in [-0.4, -0.2) is 10.9 Å². The highest BCUT2D eigenvalue weighted by molar-refractivity contribution is 6.08. The lowest BCUT2D eigenvalue weighted by molar-refractivity contribution is -0.119. The van der Waals surface area contributed by atoms with Crippen LogP contribution in [0, 0.1) is 0 Å². The van der Waals surface area contributed by atoms with Gasteiger partial charge in [-0.1, -0.05) is 12.1 Å². The van der Waals surface area contributed by atoms with Crippen LogP contribution in [0.15, 0.2) is 42.5 Å². The molecule has 0 spiro atoms. The number of carbonyl (C=O) groups is 1. The molecular formula is C18H17N3O. The Kier molecular flexibility index (Phi) is 2.43. The van der Waals surface area contributed by atoms with Crippen LogP contribution in [0.4, 0.5) is 11.4 Å². The van der Waals surface area contributed by atoms with Crippen LogP contribution >= 0.6 is 0 Å². The van der Waals surface area contributed by atoms with Crippen molar-refractivity contribution in [2.45, 2.75) is 19.3 Å². The highest BCUT2D eigenvalue weighted by atomic mass is 16.2. The first-order chi connectivity index (χ1) is 10.4. The normalized spacial score (nSPS) is 15.8. The van der Waals surface area contributed by atoms with E-state index in [2.05, 4.69) is 22.4 Å². The number of benzene rings is 2. The average Bonchev–Trinajstić information content (AvgIpc) is 2.98. The maximum atomic E-state index is 12.0. The smallest absolute Gasteiger partial charge is 0.234 e.